The quantitative estimate of drug-likeness (QED) is 0.800. The van der Waals surface area contributed by atoms with Crippen LogP contribution in [0.2, 0.25) is 0 Å². The SMILES string of the molecule is FC(c1ccccc1C(F)(F)F)C1CCNCC1. The highest BCUT2D eigenvalue weighted by molar-refractivity contribution is 5.32. The van der Waals surface area contributed by atoms with Crippen molar-refractivity contribution >= 4 is 0 Å². The summed E-state index contributed by atoms with van der Waals surface area (Å²) < 4.78 is 52.7. The second-order valence-corrected chi connectivity index (χ2v) is 4.57. The van der Waals surface area contributed by atoms with Crippen LogP contribution >= 0.6 is 0 Å². The third-order valence-electron chi connectivity index (χ3n) is 3.36. The molecule has 5 heteroatoms. The standard InChI is InChI=1S/C13H15F4N/c14-12(9-5-7-18-8-6-9)10-3-1-2-4-11(10)13(15,16)17/h1-4,9,12,18H,5-8H2. The Kier molecular flexibility index (Phi) is 3.90. The molecule has 0 radical (unpaired) electrons. The van der Waals surface area contributed by atoms with Crippen LogP contribution in [-0.4, -0.2) is 13.1 Å². The molecule has 1 nitrogen and oxygen atoms in total. The first kappa shape index (κ1) is 13.3. The molecule has 1 fully saturated rings. The summed E-state index contributed by atoms with van der Waals surface area (Å²) in [5.74, 6) is -0.324. The summed E-state index contributed by atoms with van der Waals surface area (Å²) in [6, 6.07) is 4.94. The predicted octanol–water partition coefficient (Wildman–Crippen LogP) is 3.72. The van der Waals surface area contributed by atoms with E-state index in [9.17, 15) is 17.6 Å². The molecule has 1 aliphatic rings. The number of hydrogen-bond acceptors (Lipinski definition) is 1. The summed E-state index contributed by atoms with van der Waals surface area (Å²) >= 11 is 0. The first-order valence-corrected chi connectivity index (χ1v) is 6.01. The fraction of sp³-hybridized carbons (Fsp3) is 0.538. The molecule has 1 atom stereocenters. The van der Waals surface area contributed by atoms with Crippen molar-refractivity contribution in [3.05, 3.63) is 35.4 Å². The zero-order chi connectivity index (χ0) is 13.2. The van der Waals surface area contributed by atoms with E-state index >= 15 is 0 Å². The van der Waals surface area contributed by atoms with Gasteiger partial charge < -0.3 is 5.32 Å². The number of nitrogens with one attached hydrogen (secondary N) is 1. The van der Waals surface area contributed by atoms with Crippen LogP contribution < -0.4 is 5.32 Å². The molecule has 18 heavy (non-hydrogen) atoms. The second kappa shape index (κ2) is 5.26. The van der Waals surface area contributed by atoms with Gasteiger partial charge in [0.05, 0.1) is 5.56 Å². The Balaban J connectivity index is 2.26. The van der Waals surface area contributed by atoms with E-state index in [0.29, 0.717) is 25.9 Å². The number of benzene rings is 1. The van der Waals surface area contributed by atoms with Gasteiger partial charge in [-0.15, -0.1) is 0 Å². The Morgan fingerprint density at radius 2 is 1.72 bits per heavy atom. The molecule has 0 aromatic heterocycles. The summed E-state index contributed by atoms with van der Waals surface area (Å²) in [6.45, 7) is 1.33. The molecular formula is C13H15F4N. The monoisotopic (exact) mass is 261 g/mol. The first-order valence-electron chi connectivity index (χ1n) is 6.01. The molecule has 1 aliphatic heterocycles. The van der Waals surface area contributed by atoms with E-state index in [0.717, 1.165) is 6.07 Å². The van der Waals surface area contributed by atoms with E-state index in [1.807, 2.05) is 0 Å². The second-order valence-electron chi connectivity index (χ2n) is 4.57. The molecule has 100 valence electrons. The highest BCUT2D eigenvalue weighted by Crippen LogP contribution is 2.40. The fourth-order valence-corrected chi connectivity index (χ4v) is 2.39. The lowest BCUT2D eigenvalue weighted by molar-refractivity contribution is -0.139. The minimum Gasteiger partial charge on any atom is -0.317 e. The molecule has 0 bridgehead atoms. The number of alkyl halides is 4. The van der Waals surface area contributed by atoms with Gasteiger partial charge >= 0.3 is 6.18 Å². The predicted molar refractivity (Wildman–Crippen MR) is 60.9 cm³/mol. The van der Waals surface area contributed by atoms with Crippen LogP contribution in [0.15, 0.2) is 24.3 Å². The largest absolute Gasteiger partial charge is 0.416 e. The van der Waals surface area contributed by atoms with Gasteiger partial charge in [0, 0.05) is 0 Å². The van der Waals surface area contributed by atoms with Gasteiger partial charge in [0.15, 0.2) is 0 Å². The van der Waals surface area contributed by atoms with Crippen molar-refractivity contribution in [2.45, 2.75) is 25.2 Å². The minimum atomic E-state index is -4.49. The summed E-state index contributed by atoms with van der Waals surface area (Å²) in [4.78, 5) is 0. The maximum atomic E-state index is 14.3. The highest BCUT2D eigenvalue weighted by Gasteiger charge is 2.37. The van der Waals surface area contributed by atoms with E-state index in [1.54, 1.807) is 0 Å². The summed E-state index contributed by atoms with van der Waals surface area (Å²) in [7, 11) is 0. The molecule has 1 aromatic carbocycles. The molecule has 0 saturated carbocycles. The molecule has 1 unspecified atom stereocenters. The maximum Gasteiger partial charge on any atom is 0.416 e. The van der Waals surface area contributed by atoms with Crippen molar-refractivity contribution in [3.8, 4) is 0 Å². The van der Waals surface area contributed by atoms with E-state index < -0.39 is 17.9 Å². The average molecular weight is 261 g/mol. The van der Waals surface area contributed by atoms with Gasteiger partial charge in [-0.1, -0.05) is 18.2 Å². The molecule has 2 rings (SSSR count). The van der Waals surface area contributed by atoms with Gasteiger partial charge in [-0.2, -0.15) is 13.2 Å². The number of rotatable bonds is 2. The fourth-order valence-electron chi connectivity index (χ4n) is 2.39. The van der Waals surface area contributed by atoms with Crippen LogP contribution in [0.3, 0.4) is 0 Å². The van der Waals surface area contributed by atoms with Crippen molar-refractivity contribution < 1.29 is 17.6 Å². The van der Waals surface area contributed by atoms with Crippen LogP contribution in [0.5, 0.6) is 0 Å². The van der Waals surface area contributed by atoms with E-state index in [4.69, 9.17) is 0 Å². The maximum absolute atomic E-state index is 14.3. The molecule has 1 N–H and O–H groups in total. The number of piperidine rings is 1. The average Bonchev–Trinajstić information content (AvgIpc) is 2.38. The van der Waals surface area contributed by atoms with Crippen molar-refractivity contribution in [2.75, 3.05) is 13.1 Å². The van der Waals surface area contributed by atoms with Gasteiger partial charge in [0.1, 0.15) is 6.17 Å². The molecule has 0 spiro atoms. The van der Waals surface area contributed by atoms with Crippen LogP contribution in [0.1, 0.15) is 30.1 Å². The molecule has 1 heterocycles. The topological polar surface area (TPSA) is 12.0 Å². The van der Waals surface area contributed by atoms with Gasteiger partial charge in [-0.25, -0.2) is 4.39 Å². The lowest BCUT2D eigenvalue weighted by atomic mass is 9.87. The van der Waals surface area contributed by atoms with E-state index in [1.165, 1.54) is 18.2 Å². The van der Waals surface area contributed by atoms with Gasteiger partial charge in [0.2, 0.25) is 0 Å². The smallest absolute Gasteiger partial charge is 0.317 e. The van der Waals surface area contributed by atoms with Gasteiger partial charge in [-0.05, 0) is 43.5 Å². The third kappa shape index (κ3) is 2.83. The zero-order valence-electron chi connectivity index (χ0n) is 9.80. The van der Waals surface area contributed by atoms with Crippen LogP contribution in [0.4, 0.5) is 17.6 Å². The Morgan fingerprint density at radius 1 is 1.11 bits per heavy atom. The third-order valence-corrected chi connectivity index (χ3v) is 3.36. The summed E-state index contributed by atoms with van der Waals surface area (Å²) in [5.41, 5.74) is -1.08. The molecule has 1 aromatic rings. The number of hydrogen-bond donors (Lipinski definition) is 1. The Hall–Kier alpha value is -1.10. The van der Waals surface area contributed by atoms with Crippen molar-refractivity contribution in [1.82, 2.24) is 5.32 Å². The zero-order valence-corrected chi connectivity index (χ0v) is 9.80. The van der Waals surface area contributed by atoms with Gasteiger partial charge in [-0.3, -0.25) is 0 Å². The molecule has 1 saturated heterocycles. The van der Waals surface area contributed by atoms with Crippen molar-refractivity contribution in [1.29, 1.82) is 0 Å². The van der Waals surface area contributed by atoms with E-state index in [-0.39, 0.29) is 11.5 Å². The highest BCUT2D eigenvalue weighted by atomic mass is 19.4. The Morgan fingerprint density at radius 3 is 2.33 bits per heavy atom. The lowest BCUT2D eigenvalue weighted by Crippen LogP contribution is -2.30. The normalized spacial score (nSPS) is 19.8. The first-order chi connectivity index (χ1) is 8.50. The van der Waals surface area contributed by atoms with Crippen LogP contribution in [0.25, 0.3) is 0 Å². The van der Waals surface area contributed by atoms with E-state index in [2.05, 4.69) is 5.32 Å². The molecular weight excluding hydrogens is 246 g/mol. The van der Waals surface area contributed by atoms with Crippen LogP contribution in [-0.2, 0) is 6.18 Å². The lowest BCUT2D eigenvalue weighted by Gasteiger charge is -2.27. The van der Waals surface area contributed by atoms with Crippen LogP contribution in [0, 0.1) is 5.92 Å². The van der Waals surface area contributed by atoms with Crippen molar-refractivity contribution in [2.24, 2.45) is 5.92 Å². The van der Waals surface area contributed by atoms with Gasteiger partial charge in [0.25, 0.3) is 0 Å². The minimum absolute atomic E-state index is 0.225. The number of halogens is 4. The van der Waals surface area contributed by atoms with Crippen molar-refractivity contribution in [3.63, 3.8) is 0 Å². The Bertz CT molecular complexity index is 396. The molecule has 0 amide bonds. The summed E-state index contributed by atoms with van der Waals surface area (Å²) in [6.07, 6.45) is -4.88. The Labute approximate surface area is 103 Å². The summed E-state index contributed by atoms with van der Waals surface area (Å²) in [5, 5.41) is 3.08. The molecule has 0 aliphatic carbocycles.